The zero-order valence-electron chi connectivity index (χ0n) is 13.5. The van der Waals surface area contributed by atoms with Gasteiger partial charge in [-0.05, 0) is 19.5 Å². The number of rotatable bonds is 7. The summed E-state index contributed by atoms with van der Waals surface area (Å²) in [7, 11) is 3.98. The Labute approximate surface area is 128 Å². The summed E-state index contributed by atoms with van der Waals surface area (Å²) in [5.74, 6) is 0. The van der Waals surface area contributed by atoms with Crippen molar-refractivity contribution in [3.05, 3.63) is 35.9 Å². The molecule has 2 rings (SSSR count). The van der Waals surface area contributed by atoms with Crippen molar-refractivity contribution >= 4 is 0 Å². The lowest BCUT2D eigenvalue weighted by Crippen LogP contribution is -2.48. The standard InChI is InChI=1S/C17H28N2O2/c1-15(16-7-5-4-6-8-16)18(2)17(14-20-3)13-19-9-11-21-12-10-19/h4-8,15,17H,9-14H2,1-3H3/t15-,17-/m1/s1. The molecule has 4 nitrogen and oxygen atoms in total. The molecule has 1 fully saturated rings. The monoisotopic (exact) mass is 292 g/mol. The van der Waals surface area contributed by atoms with E-state index in [4.69, 9.17) is 9.47 Å². The van der Waals surface area contributed by atoms with E-state index in [9.17, 15) is 0 Å². The Morgan fingerprint density at radius 3 is 2.52 bits per heavy atom. The van der Waals surface area contributed by atoms with Crippen molar-refractivity contribution in [1.82, 2.24) is 9.80 Å². The van der Waals surface area contributed by atoms with Crippen LogP contribution in [0.15, 0.2) is 30.3 Å². The van der Waals surface area contributed by atoms with Crippen LogP contribution in [0.5, 0.6) is 0 Å². The number of methoxy groups -OCH3 is 1. The smallest absolute Gasteiger partial charge is 0.0630 e. The molecule has 118 valence electrons. The first-order valence-electron chi connectivity index (χ1n) is 7.78. The molecule has 21 heavy (non-hydrogen) atoms. The lowest BCUT2D eigenvalue weighted by Gasteiger charge is -2.37. The molecule has 4 heteroatoms. The Balaban J connectivity index is 1.98. The van der Waals surface area contributed by atoms with Crippen LogP contribution in [0.1, 0.15) is 18.5 Å². The van der Waals surface area contributed by atoms with Crippen LogP contribution in [0.2, 0.25) is 0 Å². The molecule has 1 heterocycles. The van der Waals surface area contributed by atoms with E-state index in [1.807, 2.05) is 0 Å². The molecule has 1 aliphatic heterocycles. The molecule has 1 saturated heterocycles. The van der Waals surface area contributed by atoms with Crippen LogP contribution >= 0.6 is 0 Å². The Morgan fingerprint density at radius 2 is 1.90 bits per heavy atom. The van der Waals surface area contributed by atoms with Gasteiger partial charge in [-0.25, -0.2) is 0 Å². The number of likely N-dealkylation sites (N-methyl/N-ethyl adjacent to an activating group) is 1. The number of ether oxygens (including phenoxy) is 2. The van der Waals surface area contributed by atoms with Crippen LogP contribution in [-0.2, 0) is 9.47 Å². The third-order valence-corrected chi connectivity index (χ3v) is 4.40. The van der Waals surface area contributed by atoms with Crippen LogP contribution in [0.25, 0.3) is 0 Å². The first-order valence-corrected chi connectivity index (χ1v) is 7.78. The van der Waals surface area contributed by atoms with Gasteiger partial charge in [0.25, 0.3) is 0 Å². The van der Waals surface area contributed by atoms with E-state index in [0.29, 0.717) is 12.1 Å². The summed E-state index contributed by atoms with van der Waals surface area (Å²) in [5, 5.41) is 0. The molecule has 0 amide bonds. The molecule has 0 bridgehead atoms. The van der Waals surface area contributed by atoms with E-state index >= 15 is 0 Å². The summed E-state index contributed by atoms with van der Waals surface area (Å²) in [6.07, 6.45) is 0. The van der Waals surface area contributed by atoms with Gasteiger partial charge in [0, 0.05) is 38.8 Å². The maximum absolute atomic E-state index is 5.45. The third kappa shape index (κ3) is 4.78. The highest BCUT2D eigenvalue weighted by molar-refractivity contribution is 5.18. The second kappa shape index (κ2) is 8.49. The summed E-state index contributed by atoms with van der Waals surface area (Å²) in [6.45, 7) is 7.78. The SMILES string of the molecule is COC[C@@H](CN1CCOCC1)N(C)[C@H](C)c1ccccc1. The zero-order chi connectivity index (χ0) is 15.1. The molecule has 1 aromatic carbocycles. The van der Waals surface area contributed by atoms with Crippen molar-refractivity contribution in [3.8, 4) is 0 Å². The third-order valence-electron chi connectivity index (χ3n) is 4.40. The van der Waals surface area contributed by atoms with Crippen LogP contribution in [-0.4, -0.2) is 69.5 Å². The van der Waals surface area contributed by atoms with Crippen molar-refractivity contribution in [2.24, 2.45) is 0 Å². The van der Waals surface area contributed by atoms with Gasteiger partial charge in [-0.15, -0.1) is 0 Å². The minimum absolute atomic E-state index is 0.382. The summed E-state index contributed by atoms with van der Waals surface area (Å²) in [6, 6.07) is 11.4. The Hall–Kier alpha value is -0.940. The van der Waals surface area contributed by atoms with Gasteiger partial charge in [0.2, 0.25) is 0 Å². The van der Waals surface area contributed by atoms with Gasteiger partial charge in [0.05, 0.1) is 19.8 Å². The fourth-order valence-electron chi connectivity index (χ4n) is 2.86. The average molecular weight is 292 g/mol. The number of morpholine rings is 1. The number of benzene rings is 1. The van der Waals surface area contributed by atoms with E-state index in [0.717, 1.165) is 39.5 Å². The van der Waals surface area contributed by atoms with Gasteiger partial charge in [-0.3, -0.25) is 9.80 Å². The molecule has 1 aromatic rings. The number of hydrogen-bond acceptors (Lipinski definition) is 4. The Kier molecular flexibility index (Phi) is 6.64. The lowest BCUT2D eigenvalue weighted by molar-refractivity contribution is 0.00643. The predicted molar refractivity (Wildman–Crippen MR) is 85.5 cm³/mol. The second-order valence-corrected chi connectivity index (χ2v) is 5.77. The predicted octanol–water partition coefficient (Wildman–Crippen LogP) is 2.03. The van der Waals surface area contributed by atoms with Crippen molar-refractivity contribution in [1.29, 1.82) is 0 Å². The highest BCUT2D eigenvalue weighted by atomic mass is 16.5. The minimum Gasteiger partial charge on any atom is -0.383 e. The molecule has 2 atom stereocenters. The Morgan fingerprint density at radius 1 is 1.24 bits per heavy atom. The molecule has 0 spiro atoms. The molecule has 0 radical (unpaired) electrons. The van der Waals surface area contributed by atoms with E-state index in [2.05, 4.69) is 54.1 Å². The molecule has 0 N–H and O–H groups in total. The Bertz CT molecular complexity index is 393. The normalized spacial score (nSPS) is 19.6. The van der Waals surface area contributed by atoms with Gasteiger partial charge >= 0.3 is 0 Å². The first-order chi connectivity index (χ1) is 10.2. The van der Waals surface area contributed by atoms with E-state index < -0.39 is 0 Å². The van der Waals surface area contributed by atoms with Crippen LogP contribution in [0.4, 0.5) is 0 Å². The first kappa shape index (κ1) is 16.4. The van der Waals surface area contributed by atoms with Gasteiger partial charge in [-0.1, -0.05) is 30.3 Å². The molecular formula is C17H28N2O2. The van der Waals surface area contributed by atoms with E-state index in [-0.39, 0.29) is 0 Å². The van der Waals surface area contributed by atoms with Crippen molar-refractivity contribution < 1.29 is 9.47 Å². The largest absolute Gasteiger partial charge is 0.383 e. The zero-order valence-corrected chi connectivity index (χ0v) is 13.5. The maximum Gasteiger partial charge on any atom is 0.0630 e. The van der Waals surface area contributed by atoms with Crippen molar-refractivity contribution in [2.75, 3.05) is 53.6 Å². The highest BCUT2D eigenvalue weighted by Crippen LogP contribution is 2.21. The van der Waals surface area contributed by atoms with Gasteiger partial charge < -0.3 is 9.47 Å². The summed E-state index contributed by atoms with van der Waals surface area (Å²) in [5.41, 5.74) is 1.35. The fraction of sp³-hybridized carbons (Fsp3) is 0.647. The molecular weight excluding hydrogens is 264 g/mol. The van der Waals surface area contributed by atoms with E-state index in [1.165, 1.54) is 5.56 Å². The molecule has 0 saturated carbocycles. The molecule has 0 aromatic heterocycles. The lowest BCUT2D eigenvalue weighted by atomic mass is 10.1. The maximum atomic E-state index is 5.45. The second-order valence-electron chi connectivity index (χ2n) is 5.77. The minimum atomic E-state index is 0.382. The summed E-state index contributed by atoms with van der Waals surface area (Å²) < 4.78 is 10.9. The van der Waals surface area contributed by atoms with Crippen molar-refractivity contribution in [2.45, 2.75) is 19.0 Å². The van der Waals surface area contributed by atoms with Gasteiger partial charge in [-0.2, -0.15) is 0 Å². The topological polar surface area (TPSA) is 24.9 Å². The van der Waals surface area contributed by atoms with Gasteiger partial charge in [0.15, 0.2) is 0 Å². The molecule has 0 unspecified atom stereocenters. The summed E-state index contributed by atoms with van der Waals surface area (Å²) >= 11 is 0. The quantitative estimate of drug-likeness (QED) is 0.768. The van der Waals surface area contributed by atoms with E-state index in [1.54, 1.807) is 7.11 Å². The van der Waals surface area contributed by atoms with Gasteiger partial charge in [0.1, 0.15) is 0 Å². The average Bonchev–Trinajstić information content (AvgIpc) is 2.55. The number of hydrogen-bond donors (Lipinski definition) is 0. The van der Waals surface area contributed by atoms with Crippen LogP contribution < -0.4 is 0 Å². The summed E-state index contributed by atoms with van der Waals surface area (Å²) in [4.78, 5) is 4.90. The van der Waals surface area contributed by atoms with Crippen molar-refractivity contribution in [3.63, 3.8) is 0 Å². The molecule has 1 aliphatic rings. The fourth-order valence-corrected chi connectivity index (χ4v) is 2.86. The van der Waals surface area contributed by atoms with Crippen LogP contribution in [0.3, 0.4) is 0 Å². The number of nitrogens with zero attached hydrogens (tertiary/aromatic N) is 2. The molecule has 0 aliphatic carbocycles. The van der Waals surface area contributed by atoms with Crippen LogP contribution in [0, 0.1) is 0 Å². The highest BCUT2D eigenvalue weighted by Gasteiger charge is 2.24.